The Kier molecular flexibility index (Phi) is 5.85. The normalized spacial score (nSPS) is 29.0. The van der Waals surface area contributed by atoms with E-state index in [0.717, 1.165) is 26.1 Å². The molecule has 7 nitrogen and oxygen atoms in total. The van der Waals surface area contributed by atoms with E-state index in [1.54, 1.807) is 18.2 Å². The summed E-state index contributed by atoms with van der Waals surface area (Å²) in [5.74, 6) is 0. The highest BCUT2D eigenvalue weighted by molar-refractivity contribution is 7.89. The summed E-state index contributed by atoms with van der Waals surface area (Å²) in [6.07, 6.45) is 0.524. The lowest BCUT2D eigenvalue weighted by molar-refractivity contribution is 0.0415. The highest BCUT2D eigenvalue weighted by atomic mass is 32.2. The van der Waals surface area contributed by atoms with Crippen molar-refractivity contribution >= 4 is 10.0 Å². The van der Waals surface area contributed by atoms with Crippen LogP contribution in [0.3, 0.4) is 0 Å². The van der Waals surface area contributed by atoms with Gasteiger partial charge in [-0.15, -0.1) is 0 Å². The predicted molar refractivity (Wildman–Crippen MR) is 88.1 cm³/mol. The highest BCUT2D eigenvalue weighted by Gasteiger charge is 2.37. The first kappa shape index (κ1) is 17.8. The zero-order chi connectivity index (χ0) is 17.0. The van der Waals surface area contributed by atoms with Crippen molar-refractivity contribution in [1.82, 2.24) is 10.0 Å². The Morgan fingerprint density at radius 3 is 2.58 bits per heavy atom. The van der Waals surface area contributed by atoms with E-state index >= 15 is 0 Å². The molecule has 3 rings (SSSR count). The number of hydrogen-bond donors (Lipinski definition) is 3. The molecule has 1 aromatic carbocycles. The average molecular weight is 356 g/mol. The van der Waals surface area contributed by atoms with Crippen molar-refractivity contribution in [2.24, 2.45) is 0 Å². The number of benzene rings is 1. The number of hydrogen-bond acceptors (Lipinski definition) is 6. The first-order valence-electron chi connectivity index (χ1n) is 8.24. The topological polar surface area (TPSA) is 96.9 Å². The SMILES string of the molecule is O=S(=O)(NC[C@H]1OC[C@@H](NC2CCOCC2)[C@@H]1O)c1ccccc1. The number of aliphatic hydroxyl groups is 1. The van der Waals surface area contributed by atoms with E-state index in [2.05, 4.69) is 10.0 Å². The minimum atomic E-state index is -3.59. The van der Waals surface area contributed by atoms with Gasteiger partial charge in [-0.1, -0.05) is 18.2 Å². The fourth-order valence-corrected chi connectivity index (χ4v) is 4.12. The zero-order valence-electron chi connectivity index (χ0n) is 13.4. The molecule has 0 aliphatic carbocycles. The molecule has 0 amide bonds. The Morgan fingerprint density at radius 1 is 1.17 bits per heavy atom. The van der Waals surface area contributed by atoms with Crippen LogP contribution in [0.4, 0.5) is 0 Å². The number of ether oxygens (including phenoxy) is 2. The largest absolute Gasteiger partial charge is 0.389 e. The Labute approximate surface area is 142 Å². The zero-order valence-corrected chi connectivity index (χ0v) is 14.2. The minimum Gasteiger partial charge on any atom is -0.389 e. The molecular weight excluding hydrogens is 332 g/mol. The van der Waals surface area contributed by atoms with Crippen molar-refractivity contribution in [3.05, 3.63) is 30.3 Å². The van der Waals surface area contributed by atoms with Crippen molar-refractivity contribution in [1.29, 1.82) is 0 Å². The first-order valence-corrected chi connectivity index (χ1v) is 9.73. The van der Waals surface area contributed by atoms with Crippen molar-refractivity contribution < 1.29 is 23.0 Å². The Bertz CT molecular complexity index is 619. The summed E-state index contributed by atoms with van der Waals surface area (Å²) in [6.45, 7) is 1.86. The highest BCUT2D eigenvalue weighted by Crippen LogP contribution is 2.18. The van der Waals surface area contributed by atoms with Crippen LogP contribution in [0.2, 0.25) is 0 Å². The molecule has 2 fully saturated rings. The van der Waals surface area contributed by atoms with Crippen LogP contribution in [0.15, 0.2) is 35.2 Å². The molecule has 8 heteroatoms. The van der Waals surface area contributed by atoms with E-state index < -0.39 is 22.2 Å². The van der Waals surface area contributed by atoms with E-state index in [1.807, 2.05) is 0 Å². The maximum absolute atomic E-state index is 12.2. The third kappa shape index (κ3) is 4.33. The summed E-state index contributed by atoms with van der Waals surface area (Å²) in [7, 11) is -3.59. The second-order valence-electron chi connectivity index (χ2n) is 6.19. The summed E-state index contributed by atoms with van der Waals surface area (Å²) in [5, 5.41) is 13.8. The maximum Gasteiger partial charge on any atom is 0.240 e. The van der Waals surface area contributed by atoms with Gasteiger partial charge < -0.3 is 19.9 Å². The van der Waals surface area contributed by atoms with Gasteiger partial charge in [-0.25, -0.2) is 13.1 Å². The van der Waals surface area contributed by atoms with Gasteiger partial charge in [-0.3, -0.25) is 0 Å². The van der Waals surface area contributed by atoms with Gasteiger partial charge >= 0.3 is 0 Å². The Morgan fingerprint density at radius 2 is 1.88 bits per heavy atom. The van der Waals surface area contributed by atoms with Crippen LogP contribution in [-0.2, 0) is 19.5 Å². The van der Waals surface area contributed by atoms with Crippen LogP contribution in [0.5, 0.6) is 0 Å². The average Bonchev–Trinajstić information content (AvgIpc) is 2.95. The van der Waals surface area contributed by atoms with Crippen LogP contribution in [0.1, 0.15) is 12.8 Å². The summed E-state index contributed by atoms with van der Waals surface area (Å²) >= 11 is 0. The van der Waals surface area contributed by atoms with E-state index in [-0.39, 0.29) is 17.5 Å². The van der Waals surface area contributed by atoms with Gasteiger partial charge in [-0.05, 0) is 25.0 Å². The molecule has 24 heavy (non-hydrogen) atoms. The van der Waals surface area contributed by atoms with Crippen LogP contribution in [0, 0.1) is 0 Å². The molecule has 2 aliphatic rings. The van der Waals surface area contributed by atoms with Crippen molar-refractivity contribution in [3.8, 4) is 0 Å². The standard InChI is InChI=1S/C16H24N2O5S/c19-16-14(18-12-6-8-22-9-7-12)11-23-15(16)10-17-24(20,21)13-4-2-1-3-5-13/h1-5,12,14-19H,6-11H2/t14-,15-,16+/m1/s1. The number of nitrogens with one attached hydrogen (secondary N) is 2. The van der Waals surface area contributed by atoms with Gasteiger partial charge in [0.25, 0.3) is 0 Å². The smallest absolute Gasteiger partial charge is 0.240 e. The Hall–Kier alpha value is -1.03. The molecule has 0 unspecified atom stereocenters. The first-order chi connectivity index (χ1) is 11.6. The van der Waals surface area contributed by atoms with Crippen LogP contribution in [0.25, 0.3) is 0 Å². The molecule has 3 N–H and O–H groups in total. The van der Waals surface area contributed by atoms with Crippen molar-refractivity contribution in [2.45, 2.75) is 42.0 Å². The van der Waals surface area contributed by atoms with E-state index in [4.69, 9.17) is 9.47 Å². The van der Waals surface area contributed by atoms with Crippen LogP contribution in [-0.4, -0.2) is 64.2 Å². The van der Waals surface area contributed by atoms with Gasteiger partial charge in [0.2, 0.25) is 10.0 Å². The lowest BCUT2D eigenvalue weighted by Gasteiger charge is -2.27. The summed E-state index contributed by atoms with van der Waals surface area (Å²) in [5.41, 5.74) is 0. The van der Waals surface area contributed by atoms with Gasteiger partial charge in [0.05, 0.1) is 29.8 Å². The molecule has 134 valence electrons. The number of rotatable bonds is 6. The third-order valence-electron chi connectivity index (χ3n) is 4.48. The van der Waals surface area contributed by atoms with Crippen LogP contribution >= 0.6 is 0 Å². The molecule has 0 aromatic heterocycles. The molecule has 0 radical (unpaired) electrons. The Balaban J connectivity index is 1.51. The molecule has 3 atom stereocenters. The lowest BCUT2D eigenvalue weighted by atomic mass is 10.0. The van der Waals surface area contributed by atoms with Crippen molar-refractivity contribution in [2.75, 3.05) is 26.4 Å². The quantitative estimate of drug-likeness (QED) is 0.657. The van der Waals surface area contributed by atoms with E-state index in [1.165, 1.54) is 12.1 Å². The summed E-state index contributed by atoms with van der Waals surface area (Å²) in [6, 6.07) is 8.29. The third-order valence-corrected chi connectivity index (χ3v) is 5.92. The molecule has 0 saturated carbocycles. The minimum absolute atomic E-state index is 0.0460. The van der Waals surface area contributed by atoms with Gasteiger partial charge in [0.15, 0.2) is 0 Å². The molecule has 2 saturated heterocycles. The molecular formula is C16H24N2O5S. The van der Waals surface area contributed by atoms with E-state index in [0.29, 0.717) is 12.6 Å². The van der Waals surface area contributed by atoms with Gasteiger partial charge in [0, 0.05) is 25.8 Å². The summed E-state index contributed by atoms with van der Waals surface area (Å²) in [4.78, 5) is 0.203. The second kappa shape index (κ2) is 7.90. The van der Waals surface area contributed by atoms with Gasteiger partial charge in [0.1, 0.15) is 0 Å². The van der Waals surface area contributed by atoms with Gasteiger partial charge in [-0.2, -0.15) is 0 Å². The molecule has 2 aliphatic heterocycles. The maximum atomic E-state index is 12.2. The molecule has 1 aromatic rings. The molecule has 2 heterocycles. The number of aliphatic hydroxyl groups excluding tert-OH is 1. The fourth-order valence-electron chi connectivity index (χ4n) is 3.05. The summed E-state index contributed by atoms with van der Waals surface area (Å²) < 4.78 is 37.8. The lowest BCUT2D eigenvalue weighted by Crippen LogP contribution is -2.49. The monoisotopic (exact) mass is 356 g/mol. The molecule has 0 spiro atoms. The van der Waals surface area contributed by atoms with E-state index in [9.17, 15) is 13.5 Å². The van der Waals surface area contributed by atoms with Crippen LogP contribution < -0.4 is 10.0 Å². The fraction of sp³-hybridized carbons (Fsp3) is 0.625. The number of sulfonamides is 1. The second-order valence-corrected chi connectivity index (χ2v) is 7.95. The predicted octanol–water partition coefficient (Wildman–Crippen LogP) is -0.138. The van der Waals surface area contributed by atoms with Crippen molar-refractivity contribution in [3.63, 3.8) is 0 Å². The molecule has 0 bridgehead atoms.